The van der Waals surface area contributed by atoms with Gasteiger partial charge in [0.25, 0.3) is 0 Å². The minimum absolute atomic E-state index is 0.200. The summed E-state index contributed by atoms with van der Waals surface area (Å²) in [4.78, 5) is 10.5. The van der Waals surface area contributed by atoms with E-state index >= 15 is 0 Å². The van der Waals surface area contributed by atoms with E-state index in [1.54, 1.807) is 0 Å². The molecule has 66 valence electrons. The Hall–Kier alpha value is -1.28. The van der Waals surface area contributed by atoms with Crippen LogP contribution < -0.4 is 0 Å². The van der Waals surface area contributed by atoms with Crippen molar-refractivity contribution in [3.8, 4) is 0 Å². The Morgan fingerprint density at radius 3 is 2.85 bits per heavy atom. The third-order valence-electron chi connectivity index (χ3n) is 1.98. The van der Waals surface area contributed by atoms with Crippen molar-refractivity contribution in [2.24, 2.45) is 0 Å². The summed E-state index contributed by atoms with van der Waals surface area (Å²) in [7, 11) is 0. The predicted molar refractivity (Wildman–Crippen MR) is 51.3 cm³/mol. The van der Waals surface area contributed by atoms with E-state index in [0.717, 1.165) is 10.9 Å². The average molecular weight is 195 g/mol. The number of aldehydes is 1. The molecule has 0 saturated carbocycles. The number of furan rings is 1. The highest BCUT2D eigenvalue weighted by atomic mass is 35.5. The van der Waals surface area contributed by atoms with Gasteiger partial charge in [-0.1, -0.05) is 23.7 Å². The Bertz CT molecular complexity index is 471. The number of carbonyl (C=O) groups is 1. The summed E-state index contributed by atoms with van der Waals surface area (Å²) in [5.74, 6) is 0.200. The lowest BCUT2D eigenvalue weighted by Gasteiger charge is -1.91. The van der Waals surface area contributed by atoms with Crippen molar-refractivity contribution in [3.05, 3.63) is 34.5 Å². The Morgan fingerprint density at radius 1 is 1.46 bits per heavy atom. The van der Waals surface area contributed by atoms with Crippen LogP contribution in [0.15, 0.2) is 22.6 Å². The van der Waals surface area contributed by atoms with Crippen molar-refractivity contribution < 1.29 is 9.21 Å². The SMILES string of the molecule is Cc1cccc2c(Cl)c(C=O)oc12. The molecule has 2 aromatic rings. The second kappa shape index (κ2) is 2.89. The van der Waals surface area contributed by atoms with E-state index < -0.39 is 0 Å². The number of halogens is 1. The molecule has 1 aromatic carbocycles. The first kappa shape index (κ1) is 8.32. The summed E-state index contributed by atoms with van der Waals surface area (Å²) >= 11 is 5.90. The molecule has 0 radical (unpaired) electrons. The Labute approximate surface area is 80.1 Å². The quantitative estimate of drug-likeness (QED) is 0.653. The van der Waals surface area contributed by atoms with Crippen LogP contribution in [0.5, 0.6) is 0 Å². The van der Waals surface area contributed by atoms with Gasteiger partial charge in [0.15, 0.2) is 12.0 Å². The first-order valence-electron chi connectivity index (χ1n) is 3.87. The van der Waals surface area contributed by atoms with Crippen molar-refractivity contribution in [3.63, 3.8) is 0 Å². The molecule has 0 unspecified atom stereocenters. The second-order valence-electron chi connectivity index (χ2n) is 2.85. The van der Waals surface area contributed by atoms with Gasteiger partial charge in [-0.15, -0.1) is 0 Å². The number of aryl methyl sites for hydroxylation is 1. The van der Waals surface area contributed by atoms with Crippen LogP contribution in [0, 0.1) is 6.92 Å². The van der Waals surface area contributed by atoms with Crippen LogP contribution in [0.1, 0.15) is 16.1 Å². The predicted octanol–water partition coefficient (Wildman–Crippen LogP) is 3.21. The van der Waals surface area contributed by atoms with Crippen LogP contribution in [-0.4, -0.2) is 6.29 Å². The van der Waals surface area contributed by atoms with Gasteiger partial charge in [0, 0.05) is 5.39 Å². The van der Waals surface area contributed by atoms with Gasteiger partial charge in [-0.3, -0.25) is 4.79 Å². The molecule has 0 bridgehead atoms. The molecule has 0 aliphatic carbocycles. The Kier molecular flexibility index (Phi) is 1.85. The number of hydrogen-bond acceptors (Lipinski definition) is 2. The molecule has 1 aromatic heterocycles. The van der Waals surface area contributed by atoms with E-state index in [1.807, 2.05) is 25.1 Å². The molecule has 0 aliphatic rings. The zero-order valence-electron chi connectivity index (χ0n) is 7.00. The topological polar surface area (TPSA) is 30.2 Å². The summed E-state index contributed by atoms with van der Waals surface area (Å²) in [6, 6.07) is 5.63. The molecular formula is C10H7ClO2. The summed E-state index contributed by atoms with van der Waals surface area (Å²) in [5, 5.41) is 1.19. The van der Waals surface area contributed by atoms with E-state index in [9.17, 15) is 4.79 Å². The lowest BCUT2D eigenvalue weighted by atomic mass is 10.2. The summed E-state index contributed by atoms with van der Waals surface area (Å²) < 4.78 is 5.28. The first-order valence-corrected chi connectivity index (χ1v) is 4.24. The minimum Gasteiger partial charge on any atom is -0.451 e. The molecule has 0 amide bonds. The molecule has 0 saturated heterocycles. The summed E-state index contributed by atoms with van der Waals surface area (Å²) in [6.45, 7) is 1.91. The van der Waals surface area contributed by atoms with E-state index in [-0.39, 0.29) is 5.76 Å². The molecule has 3 heteroatoms. The molecule has 0 atom stereocenters. The standard InChI is InChI=1S/C10H7ClO2/c1-6-3-2-4-7-9(11)8(5-12)13-10(6)7/h2-5H,1H3. The number of carbonyl (C=O) groups excluding carboxylic acids is 1. The molecule has 13 heavy (non-hydrogen) atoms. The van der Waals surface area contributed by atoms with Gasteiger partial charge in [-0.25, -0.2) is 0 Å². The number of benzene rings is 1. The fourth-order valence-electron chi connectivity index (χ4n) is 1.32. The van der Waals surface area contributed by atoms with E-state index in [0.29, 0.717) is 16.9 Å². The van der Waals surface area contributed by atoms with Gasteiger partial charge in [0.1, 0.15) is 5.58 Å². The molecular weight excluding hydrogens is 188 g/mol. The fourth-order valence-corrected chi connectivity index (χ4v) is 1.56. The fraction of sp³-hybridized carbons (Fsp3) is 0.100. The maximum atomic E-state index is 10.5. The third kappa shape index (κ3) is 1.14. The summed E-state index contributed by atoms with van der Waals surface area (Å²) in [6.07, 6.45) is 0.627. The normalized spacial score (nSPS) is 10.6. The molecule has 0 spiro atoms. The van der Waals surface area contributed by atoms with Crippen molar-refractivity contribution in [1.82, 2.24) is 0 Å². The number of para-hydroxylation sites is 1. The lowest BCUT2D eigenvalue weighted by Crippen LogP contribution is -1.70. The number of hydrogen-bond donors (Lipinski definition) is 0. The van der Waals surface area contributed by atoms with Gasteiger partial charge in [0.05, 0.1) is 5.02 Å². The maximum Gasteiger partial charge on any atom is 0.186 e. The van der Waals surface area contributed by atoms with Gasteiger partial charge in [-0.2, -0.15) is 0 Å². The van der Waals surface area contributed by atoms with Crippen molar-refractivity contribution in [2.75, 3.05) is 0 Å². The van der Waals surface area contributed by atoms with Gasteiger partial charge in [0.2, 0.25) is 0 Å². The summed E-state index contributed by atoms with van der Waals surface area (Å²) in [5.41, 5.74) is 1.67. The second-order valence-corrected chi connectivity index (χ2v) is 3.23. The van der Waals surface area contributed by atoms with Crippen LogP contribution in [0.25, 0.3) is 11.0 Å². The highest BCUT2D eigenvalue weighted by Gasteiger charge is 2.11. The first-order chi connectivity index (χ1) is 6.24. The van der Waals surface area contributed by atoms with Crippen molar-refractivity contribution >= 4 is 28.9 Å². The molecule has 1 heterocycles. The number of fused-ring (bicyclic) bond motifs is 1. The Morgan fingerprint density at radius 2 is 2.23 bits per heavy atom. The average Bonchev–Trinajstić information content (AvgIpc) is 2.45. The van der Waals surface area contributed by atoms with E-state index in [1.165, 1.54) is 0 Å². The van der Waals surface area contributed by atoms with E-state index in [4.69, 9.17) is 16.0 Å². The lowest BCUT2D eigenvalue weighted by molar-refractivity contribution is 0.110. The third-order valence-corrected chi connectivity index (χ3v) is 2.37. The molecule has 0 aliphatic heterocycles. The molecule has 2 nitrogen and oxygen atoms in total. The monoisotopic (exact) mass is 194 g/mol. The van der Waals surface area contributed by atoms with Crippen LogP contribution in [0.3, 0.4) is 0 Å². The Balaban J connectivity index is 2.91. The van der Waals surface area contributed by atoms with Crippen LogP contribution in [0.2, 0.25) is 5.02 Å². The van der Waals surface area contributed by atoms with Crippen LogP contribution >= 0.6 is 11.6 Å². The van der Waals surface area contributed by atoms with Crippen molar-refractivity contribution in [2.45, 2.75) is 6.92 Å². The van der Waals surface area contributed by atoms with Gasteiger partial charge < -0.3 is 4.42 Å². The van der Waals surface area contributed by atoms with Gasteiger partial charge >= 0.3 is 0 Å². The zero-order valence-corrected chi connectivity index (χ0v) is 7.76. The highest BCUT2D eigenvalue weighted by Crippen LogP contribution is 2.30. The zero-order chi connectivity index (χ0) is 9.42. The van der Waals surface area contributed by atoms with Crippen LogP contribution in [-0.2, 0) is 0 Å². The van der Waals surface area contributed by atoms with Crippen molar-refractivity contribution in [1.29, 1.82) is 0 Å². The van der Waals surface area contributed by atoms with Crippen LogP contribution in [0.4, 0.5) is 0 Å². The number of rotatable bonds is 1. The largest absolute Gasteiger partial charge is 0.451 e. The molecule has 0 fully saturated rings. The minimum atomic E-state index is 0.200. The molecule has 0 N–H and O–H groups in total. The maximum absolute atomic E-state index is 10.5. The highest BCUT2D eigenvalue weighted by molar-refractivity contribution is 6.37. The van der Waals surface area contributed by atoms with Gasteiger partial charge in [-0.05, 0) is 18.6 Å². The smallest absolute Gasteiger partial charge is 0.186 e. The molecule has 2 rings (SSSR count). The van der Waals surface area contributed by atoms with E-state index in [2.05, 4.69) is 0 Å².